The van der Waals surface area contributed by atoms with Gasteiger partial charge in [0, 0.05) is 65.3 Å². The molecular weight excluding hydrogens is 396 g/mol. The predicted molar refractivity (Wildman–Crippen MR) is 130 cm³/mol. The fraction of sp³-hybridized carbons (Fsp3) is 0.259. The number of H-pyrrole nitrogens is 1. The molecular formula is C27H28N4O. The maximum Gasteiger partial charge on any atom is 0.253 e. The Bertz CT molecular complexity index is 1280. The number of hydrogen-bond acceptors (Lipinski definition) is 3. The van der Waals surface area contributed by atoms with Crippen LogP contribution in [0.2, 0.25) is 0 Å². The molecule has 0 saturated carbocycles. The number of rotatable bonds is 3. The minimum atomic E-state index is 0.112. The van der Waals surface area contributed by atoms with Crippen LogP contribution in [0.25, 0.3) is 33.3 Å². The molecule has 1 saturated heterocycles. The number of amides is 1. The average Bonchev–Trinajstić information content (AvgIpc) is 3.14. The maximum absolute atomic E-state index is 12.7. The second-order valence-electron chi connectivity index (χ2n) is 8.64. The molecule has 0 unspecified atom stereocenters. The van der Waals surface area contributed by atoms with E-state index in [0.717, 1.165) is 65.5 Å². The van der Waals surface area contributed by atoms with E-state index in [0.29, 0.717) is 0 Å². The van der Waals surface area contributed by atoms with Gasteiger partial charge in [-0.15, -0.1) is 0 Å². The number of nitrogens with zero attached hydrogens (tertiary/aromatic N) is 2. The van der Waals surface area contributed by atoms with Crippen molar-refractivity contribution in [3.05, 3.63) is 77.1 Å². The molecule has 2 aromatic heterocycles. The number of carbonyl (C=O) groups excluding carboxylic acids is 1. The quantitative estimate of drug-likeness (QED) is 0.493. The first-order valence-electron chi connectivity index (χ1n) is 11.2. The molecule has 4 aromatic rings. The van der Waals surface area contributed by atoms with Crippen LogP contribution in [0, 0.1) is 20.8 Å². The van der Waals surface area contributed by atoms with Crippen molar-refractivity contribution in [3.8, 4) is 22.4 Å². The van der Waals surface area contributed by atoms with Crippen molar-refractivity contribution in [3.63, 3.8) is 0 Å². The molecule has 1 aliphatic heterocycles. The molecule has 5 nitrogen and oxygen atoms in total. The average molecular weight is 425 g/mol. The Hall–Kier alpha value is -3.44. The van der Waals surface area contributed by atoms with Gasteiger partial charge in [-0.2, -0.15) is 0 Å². The first kappa shape index (κ1) is 20.5. The van der Waals surface area contributed by atoms with Crippen LogP contribution >= 0.6 is 0 Å². The van der Waals surface area contributed by atoms with Crippen molar-refractivity contribution in [2.45, 2.75) is 20.8 Å². The molecule has 1 amide bonds. The lowest BCUT2D eigenvalue weighted by Crippen LogP contribution is -2.46. The molecule has 5 heteroatoms. The van der Waals surface area contributed by atoms with Gasteiger partial charge in [-0.25, -0.2) is 0 Å². The Morgan fingerprint density at radius 2 is 1.50 bits per heavy atom. The van der Waals surface area contributed by atoms with Gasteiger partial charge in [-0.1, -0.05) is 24.3 Å². The van der Waals surface area contributed by atoms with Gasteiger partial charge < -0.3 is 15.2 Å². The van der Waals surface area contributed by atoms with E-state index < -0.39 is 0 Å². The molecule has 0 radical (unpaired) electrons. The molecule has 3 heterocycles. The van der Waals surface area contributed by atoms with Gasteiger partial charge in [0.1, 0.15) is 0 Å². The van der Waals surface area contributed by atoms with Gasteiger partial charge >= 0.3 is 0 Å². The fourth-order valence-electron chi connectivity index (χ4n) is 4.64. The molecule has 162 valence electrons. The van der Waals surface area contributed by atoms with Crippen LogP contribution < -0.4 is 5.32 Å². The Kier molecular flexibility index (Phi) is 5.27. The highest BCUT2D eigenvalue weighted by Crippen LogP contribution is 2.33. The number of carbonyl (C=O) groups is 1. The van der Waals surface area contributed by atoms with Crippen molar-refractivity contribution in [1.29, 1.82) is 0 Å². The van der Waals surface area contributed by atoms with Crippen molar-refractivity contribution >= 4 is 16.8 Å². The van der Waals surface area contributed by atoms with Gasteiger partial charge in [0.15, 0.2) is 0 Å². The number of aromatic amines is 1. The van der Waals surface area contributed by atoms with E-state index in [1.165, 1.54) is 16.5 Å². The zero-order valence-electron chi connectivity index (χ0n) is 18.8. The monoisotopic (exact) mass is 424 g/mol. The minimum Gasteiger partial charge on any atom is -0.354 e. The van der Waals surface area contributed by atoms with Crippen LogP contribution in [0.1, 0.15) is 27.3 Å². The number of pyridine rings is 1. The lowest BCUT2D eigenvalue weighted by Gasteiger charge is -2.27. The van der Waals surface area contributed by atoms with Crippen LogP contribution in [-0.4, -0.2) is 47.0 Å². The molecule has 0 atom stereocenters. The predicted octanol–water partition coefficient (Wildman–Crippen LogP) is 4.87. The van der Waals surface area contributed by atoms with E-state index in [9.17, 15) is 4.79 Å². The summed E-state index contributed by atoms with van der Waals surface area (Å²) in [5.41, 5.74) is 9.70. The number of fused-ring (bicyclic) bond motifs is 1. The lowest BCUT2D eigenvalue weighted by atomic mass is 10.0. The van der Waals surface area contributed by atoms with Gasteiger partial charge in [0.2, 0.25) is 0 Å². The highest BCUT2D eigenvalue weighted by Gasteiger charge is 2.18. The van der Waals surface area contributed by atoms with Crippen LogP contribution in [0.4, 0.5) is 0 Å². The molecule has 32 heavy (non-hydrogen) atoms. The van der Waals surface area contributed by atoms with Crippen LogP contribution in [0.15, 0.2) is 54.6 Å². The van der Waals surface area contributed by atoms with Crippen molar-refractivity contribution < 1.29 is 4.79 Å². The van der Waals surface area contributed by atoms with E-state index in [-0.39, 0.29) is 5.91 Å². The summed E-state index contributed by atoms with van der Waals surface area (Å²) < 4.78 is 0. The fourth-order valence-corrected chi connectivity index (χ4v) is 4.64. The van der Waals surface area contributed by atoms with Gasteiger partial charge in [-0.3, -0.25) is 9.78 Å². The normalized spacial score (nSPS) is 14.2. The van der Waals surface area contributed by atoms with E-state index in [1.807, 2.05) is 43.0 Å². The Morgan fingerprint density at radius 1 is 0.844 bits per heavy atom. The molecule has 1 fully saturated rings. The summed E-state index contributed by atoms with van der Waals surface area (Å²) >= 11 is 0. The summed E-state index contributed by atoms with van der Waals surface area (Å²) in [6, 6.07) is 18.8. The minimum absolute atomic E-state index is 0.112. The largest absolute Gasteiger partial charge is 0.354 e. The molecule has 2 N–H and O–H groups in total. The summed E-state index contributed by atoms with van der Waals surface area (Å²) in [4.78, 5) is 22.8. The van der Waals surface area contributed by atoms with E-state index in [2.05, 4.69) is 52.5 Å². The zero-order chi connectivity index (χ0) is 22.2. The number of hydrogen-bond donors (Lipinski definition) is 2. The smallest absolute Gasteiger partial charge is 0.253 e. The number of aromatic nitrogens is 2. The van der Waals surface area contributed by atoms with Crippen molar-refractivity contribution in [2.24, 2.45) is 0 Å². The van der Waals surface area contributed by atoms with Crippen LogP contribution in [0.5, 0.6) is 0 Å². The number of aryl methyl sites for hydroxylation is 3. The Morgan fingerprint density at radius 3 is 2.19 bits per heavy atom. The molecule has 2 aromatic carbocycles. The third-order valence-electron chi connectivity index (χ3n) is 6.30. The van der Waals surface area contributed by atoms with E-state index >= 15 is 0 Å². The second-order valence-corrected chi connectivity index (χ2v) is 8.64. The number of nitrogens with one attached hydrogen (secondary N) is 2. The maximum atomic E-state index is 12.7. The molecule has 0 spiro atoms. The highest BCUT2D eigenvalue weighted by atomic mass is 16.2. The molecule has 1 aliphatic rings. The summed E-state index contributed by atoms with van der Waals surface area (Å²) in [6.07, 6.45) is 0. The number of benzene rings is 2. The third kappa shape index (κ3) is 3.80. The molecule has 0 aliphatic carbocycles. The highest BCUT2D eigenvalue weighted by molar-refractivity contribution is 5.96. The lowest BCUT2D eigenvalue weighted by molar-refractivity contribution is 0.0736. The number of piperazine rings is 1. The first-order valence-corrected chi connectivity index (χ1v) is 11.2. The Balaban J connectivity index is 1.45. The van der Waals surface area contributed by atoms with Gasteiger partial charge in [0.05, 0.1) is 0 Å². The molecule has 5 rings (SSSR count). The van der Waals surface area contributed by atoms with Crippen LogP contribution in [0.3, 0.4) is 0 Å². The topological polar surface area (TPSA) is 61.0 Å². The van der Waals surface area contributed by atoms with Gasteiger partial charge in [0.25, 0.3) is 5.91 Å². The summed E-state index contributed by atoms with van der Waals surface area (Å²) in [5.74, 6) is 0.112. The van der Waals surface area contributed by atoms with E-state index in [4.69, 9.17) is 0 Å². The third-order valence-corrected chi connectivity index (χ3v) is 6.30. The summed E-state index contributed by atoms with van der Waals surface area (Å²) in [7, 11) is 0. The van der Waals surface area contributed by atoms with Gasteiger partial charge in [-0.05, 0) is 67.8 Å². The standard InChI is InChI=1S/C27H28N4O/c1-17-14-23(15-18(2)29-17)26-19(3)24-9-8-22(16-25(24)30-26)20-4-6-21(7-5-20)27(32)31-12-10-28-11-13-31/h4-9,14-16,28,30H,10-13H2,1-3H3. The zero-order valence-corrected chi connectivity index (χ0v) is 18.8. The second kappa shape index (κ2) is 8.24. The SMILES string of the molecule is Cc1cc(-c2[nH]c3cc(-c4ccc(C(=O)N5CCNCC5)cc4)ccc3c2C)cc(C)n1. The van der Waals surface area contributed by atoms with Crippen molar-refractivity contribution in [2.75, 3.05) is 26.2 Å². The first-order chi connectivity index (χ1) is 15.5. The molecule has 0 bridgehead atoms. The van der Waals surface area contributed by atoms with E-state index in [1.54, 1.807) is 0 Å². The van der Waals surface area contributed by atoms with Crippen molar-refractivity contribution in [1.82, 2.24) is 20.2 Å². The van der Waals surface area contributed by atoms with Crippen LogP contribution in [-0.2, 0) is 0 Å². The summed E-state index contributed by atoms with van der Waals surface area (Å²) in [6.45, 7) is 9.48. The Labute approximate surface area is 188 Å². The summed E-state index contributed by atoms with van der Waals surface area (Å²) in [5, 5.41) is 4.51.